The maximum Gasteiger partial charge on any atom is 0.231 e. The molecule has 0 radical (unpaired) electrons. The number of nitrogens with one attached hydrogen (secondary N) is 1. The number of hydrogen-bond donors (Lipinski definition) is 2. The summed E-state index contributed by atoms with van der Waals surface area (Å²) < 4.78 is 13.8. The molecule has 1 aromatic carbocycles. The van der Waals surface area contributed by atoms with Crippen LogP contribution >= 0.6 is 0 Å². The molecule has 0 saturated carbocycles. The molecule has 0 spiro atoms. The second kappa shape index (κ2) is 6.04. The molecule has 1 aliphatic rings. The molecule has 2 heterocycles. The predicted molar refractivity (Wildman–Crippen MR) is 81.4 cm³/mol. The van der Waals surface area contributed by atoms with Crippen molar-refractivity contribution in [1.29, 1.82) is 0 Å². The second-order valence-corrected chi connectivity index (χ2v) is 5.22. The van der Waals surface area contributed by atoms with E-state index in [1.54, 1.807) is 6.07 Å². The smallest absolute Gasteiger partial charge is 0.231 e. The number of pyridine rings is 1. The van der Waals surface area contributed by atoms with Crippen LogP contribution in [0.3, 0.4) is 0 Å². The first-order valence-electron chi connectivity index (χ1n) is 7.06. The normalized spacial score (nSPS) is 17.3. The zero-order valence-corrected chi connectivity index (χ0v) is 12.1. The average molecular weight is 315 g/mol. The van der Waals surface area contributed by atoms with Crippen LogP contribution in [0.15, 0.2) is 42.6 Å². The summed E-state index contributed by atoms with van der Waals surface area (Å²) in [5.41, 5.74) is 0.161. The van der Waals surface area contributed by atoms with Crippen molar-refractivity contribution in [3.63, 3.8) is 0 Å². The third kappa shape index (κ3) is 2.98. The summed E-state index contributed by atoms with van der Waals surface area (Å²) in [5.74, 6) is -2.02. The zero-order valence-electron chi connectivity index (χ0n) is 12.1. The van der Waals surface area contributed by atoms with Gasteiger partial charge in [0.25, 0.3) is 0 Å². The lowest BCUT2D eigenvalue weighted by Gasteiger charge is -2.17. The Morgan fingerprint density at radius 1 is 1.30 bits per heavy atom. The summed E-state index contributed by atoms with van der Waals surface area (Å²) in [5, 5.41) is 12.1. The van der Waals surface area contributed by atoms with Crippen LogP contribution < -0.4 is 10.2 Å². The summed E-state index contributed by atoms with van der Waals surface area (Å²) in [7, 11) is 0. The van der Waals surface area contributed by atoms with Crippen molar-refractivity contribution in [2.45, 2.75) is 6.42 Å². The third-order valence-electron chi connectivity index (χ3n) is 3.67. The van der Waals surface area contributed by atoms with E-state index in [2.05, 4.69) is 10.3 Å². The molecule has 23 heavy (non-hydrogen) atoms. The Kier molecular flexibility index (Phi) is 3.92. The van der Waals surface area contributed by atoms with E-state index in [0.29, 0.717) is 0 Å². The molecule has 1 aromatic heterocycles. The van der Waals surface area contributed by atoms with Gasteiger partial charge < -0.3 is 15.3 Å². The first-order valence-corrected chi connectivity index (χ1v) is 7.06. The fourth-order valence-electron chi connectivity index (χ4n) is 2.50. The van der Waals surface area contributed by atoms with Gasteiger partial charge in [0.1, 0.15) is 5.82 Å². The Morgan fingerprint density at radius 3 is 2.83 bits per heavy atom. The Hall–Kier alpha value is -2.96. The molecule has 2 amide bonds. The molecule has 7 heteroatoms. The first kappa shape index (κ1) is 15.0. The highest BCUT2D eigenvalue weighted by Gasteiger charge is 2.36. The van der Waals surface area contributed by atoms with E-state index >= 15 is 0 Å². The number of carbonyl (C=O) groups is 2. The predicted octanol–water partition coefficient (Wildman–Crippen LogP) is 1.92. The number of hydrogen-bond acceptors (Lipinski definition) is 4. The van der Waals surface area contributed by atoms with E-state index in [0.717, 1.165) is 0 Å². The van der Waals surface area contributed by atoms with Crippen LogP contribution in [0.4, 0.5) is 15.9 Å². The highest BCUT2D eigenvalue weighted by atomic mass is 19.1. The number of nitrogens with zero attached hydrogens (tertiary/aromatic N) is 2. The summed E-state index contributed by atoms with van der Waals surface area (Å²) in [6.07, 6.45) is 1.41. The summed E-state index contributed by atoms with van der Waals surface area (Å²) >= 11 is 0. The van der Waals surface area contributed by atoms with Crippen LogP contribution in [0.1, 0.15) is 6.42 Å². The molecule has 6 nitrogen and oxygen atoms in total. The number of rotatable bonds is 3. The third-order valence-corrected chi connectivity index (χ3v) is 3.67. The van der Waals surface area contributed by atoms with Gasteiger partial charge in [0.15, 0.2) is 11.6 Å². The topological polar surface area (TPSA) is 82.5 Å². The van der Waals surface area contributed by atoms with Gasteiger partial charge in [0.05, 0.1) is 11.6 Å². The minimum absolute atomic E-state index is 0.0201. The van der Waals surface area contributed by atoms with Gasteiger partial charge in [0.2, 0.25) is 11.8 Å². The summed E-state index contributed by atoms with van der Waals surface area (Å²) in [4.78, 5) is 29.4. The Morgan fingerprint density at radius 2 is 2.09 bits per heavy atom. The Bertz CT molecular complexity index is 766. The van der Waals surface area contributed by atoms with Gasteiger partial charge >= 0.3 is 0 Å². The lowest BCUT2D eigenvalue weighted by Crippen LogP contribution is -2.28. The second-order valence-electron chi connectivity index (χ2n) is 5.22. The van der Waals surface area contributed by atoms with E-state index in [1.165, 1.54) is 41.4 Å². The fraction of sp³-hybridized carbons (Fsp3) is 0.188. The average Bonchev–Trinajstić information content (AvgIpc) is 2.92. The van der Waals surface area contributed by atoms with Crippen LogP contribution in [0, 0.1) is 11.7 Å². The van der Waals surface area contributed by atoms with Crippen LogP contribution in [-0.4, -0.2) is 28.4 Å². The van der Waals surface area contributed by atoms with Gasteiger partial charge in [-0.2, -0.15) is 0 Å². The molecule has 118 valence electrons. The number of aromatic hydroxyl groups is 1. The van der Waals surface area contributed by atoms with Crippen molar-refractivity contribution in [2.75, 3.05) is 16.8 Å². The number of para-hydroxylation sites is 1. The van der Waals surface area contributed by atoms with E-state index < -0.39 is 17.6 Å². The molecule has 1 fully saturated rings. The molecule has 0 unspecified atom stereocenters. The van der Waals surface area contributed by atoms with Crippen molar-refractivity contribution in [3.05, 3.63) is 48.4 Å². The maximum atomic E-state index is 13.8. The summed E-state index contributed by atoms with van der Waals surface area (Å²) in [6, 6.07) is 8.86. The maximum absolute atomic E-state index is 13.8. The number of carbonyl (C=O) groups excluding carboxylic acids is 2. The molecule has 1 saturated heterocycles. The lowest BCUT2D eigenvalue weighted by molar-refractivity contribution is -0.122. The minimum Gasteiger partial charge on any atom is -0.504 e. The van der Waals surface area contributed by atoms with Crippen molar-refractivity contribution in [3.8, 4) is 5.75 Å². The first-order chi connectivity index (χ1) is 11.1. The SMILES string of the molecule is O=C(Nc1ncccc1O)[C@@H]1CC(=O)N(c2ccccc2F)C1. The van der Waals surface area contributed by atoms with Gasteiger partial charge in [0, 0.05) is 19.2 Å². The number of benzene rings is 1. The fourth-order valence-corrected chi connectivity index (χ4v) is 2.50. The van der Waals surface area contributed by atoms with Gasteiger partial charge in [-0.1, -0.05) is 12.1 Å². The van der Waals surface area contributed by atoms with Crippen molar-refractivity contribution in [2.24, 2.45) is 5.92 Å². The van der Waals surface area contributed by atoms with E-state index in [1.807, 2.05) is 0 Å². The molecule has 0 aliphatic carbocycles. The number of aromatic nitrogens is 1. The molecule has 2 N–H and O–H groups in total. The van der Waals surface area contributed by atoms with Gasteiger partial charge in [-0.25, -0.2) is 9.37 Å². The molecule has 1 aliphatic heterocycles. The minimum atomic E-state index is -0.636. The molecule has 1 atom stereocenters. The van der Waals surface area contributed by atoms with Gasteiger partial charge in [-0.15, -0.1) is 0 Å². The summed E-state index contributed by atoms with van der Waals surface area (Å²) in [6.45, 7) is 0.0825. The largest absolute Gasteiger partial charge is 0.504 e. The standard InChI is InChI=1S/C16H14FN3O3/c17-11-4-1-2-5-12(11)20-9-10(8-14(20)22)16(23)19-15-13(21)6-3-7-18-15/h1-7,10,21H,8-9H2,(H,18,19,23)/t10-/m1/s1. The molecule has 0 bridgehead atoms. The highest BCUT2D eigenvalue weighted by molar-refractivity contribution is 6.03. The van der Waals surface area contributed by atoms with E-state index in [-0.39, 0.29) is 36.1 Å². The van der Waals surface area contributed by atoms with Crippen LogP contribution in [0.2, 0.25) is 0 Å². The van der Waals surface area contributed by atoms with Gasteiger partial charge in [-0.3, -0.25) is 9.59 Å². The van der Waals surface area contributed by atoms with Crippen molar-refractivity contribution in [1.82, 2.24) is 4.98 Å². The molecular weight excluding hydrogens is 301 g/mol. The van der Waals surface area contributed by atoms with Crippen LogP contribution in [-0.2, 0) is 9.59 Å². The van der Waals surface area contributed by atoms with Crippen LogP contribution in [0.5, 0.6) is 5.75 Å². The monoisotopic (exact) mass is 315 g/mol. The van der Waals surface area contributed by atoms with Crippen LogP contribution in [0.25, 0.3) is 0 Å². The Balaban J connectivity index is 1.74. The number of amides is 2. The van der Waals surface area contributed by atoms with E-state index in [9.17, 15) is 19.1 Å². The number of halogens is 1. The Labute approximate surface area is 131 Å². The molecule has 2 aromatic rings. The van der Waals surface area contributed by atoms with E-state index in [4.69, 9.17) is 0 Å². The quantitative estimate of drug-likeness (QED) is 0.906. The lowest BCUT2D eigenvalue weighted by atomic mass is 10.1. The highest BCUT2D eigenvalue weighted by Crippen LogP contribution is 2.28. The van der Waals surface area contributed by atoms with Gasteiger partial charge in [-0.05, 0) is 24.3 Å². The zero-order chi connectivity index (χ0) is 16.4. The van der Waals surface area contributed by atoms with Crippen molar-refractivity contribution >= 4 is 23.3 Å². The molecule has 3 rings (SSSR count). The number of anilines is 2. The van der Waals surface area contributed by atoms with Crippen molar-refractivity contribution < 1.29 is 19.1 Å². The molecular formula is C16H14FN3O3.